The molecule has 2 aromatic rings. The maximum Gasteiger partial charge on any atom is 0.285 e. The maximum atomic E-state index is 12.1. The summed E-state index contributed by atoms with van der Waals surface area (Å²) in [5.74, 6) is 0. The zero-order valence-corrected chi connectivity index (χ0v) is 12.5. The Morgan fingerprint density at radius 1 is 1.00 bits per heavy atom. The summed E-state index contributed by atoms with van der Waals surface area (Å²) in [7, 11) is 1.53. The van der Waals surface area contributed by atoms with Crippen molar-refractivity contribution in [2.45, 2.75) is 0 Å². The fraction of sp³-hybridized carbons (Fsp3) is 0.0909. The Labute approximate surface area is 119 Å². The second-order valence-electron chi connectivity index (χ2n) is 3.67. The minimum absolute atomic E-state index is 0.197. The summed E-state index contributed by atoms with van der Waals surface area (Å²) in [6.45, 7) is 0. The van der Waals surface area contributed by atoms with Crippen LogP contribution in [0.15, 0.2) is 42.8 Å². The molecule has 5 nitrogen and oxygen atoms in total. The van der Waals surface area contributed by atoms with Crippen LogP contribution in [0.4, 0.5) is 5.69 Å². The molecule has 2 rings (SSSR count). The van der Waals surface area contributed by atoms with E-state index >= 15 is 0 Å². The van der Waals surface area contributed by atoms with Crippen molar-refractivity contribution in [1.29, 1.82) is 0 Å². The number of anilines is 1. The number of hydrogen-bond acceptors (Lipinski definition) is 3. The van der Waals surface area contributed by atoms with Gasteiger partial charge < -0.3 is 5.73 Å². The van der Waals surface area contributed by atoms with Gasteiger partial charge in [0, 0.05) is 12.7 Å². The van der Waals surface area contributed by atoms with Gasteiger partial charge in [0.25, 0.3) is 11.1 Å². The van der Waals surface area contributed by atoms with Gasteiger partial charge in [0.15, 0.2) is 0 Å². The van der Waals surface area contributed by atoms with Crippen molar-refractivity contribution in [2.24, 2.45) is 7.05 Å². The topological polar surface area (TPSA) is 70.0 Å². The van der Waals surface area contributed by atoms with Crippen LogP contribution in [-0.2, 0) is 7.05 Å². The van der Waals surface area contributed by atoms with Crippen molar-refractivity contribution in [2.75, 3.05) is 5.73 Å². The van der Waals surface area contributed by atoms with E-state index in [1.807, 2.05) is 0 Å². The molecule has 2 N–H and O–H groups in total. The van der Waals surface area contributed by atoms with Crippen LogP contribution in [0.2, 0.25) is 0 Å². The number of rotatable bonds is 1. The summed E-state index contributed by atoms with van der Waals surface area (Å²) >= 11 is 6.19. The lowest BCUT2D eigenvalue weighted by Gasteiger charge is -2.13. The third kappa shape index (κ3) is 2.04. The second kappa shape index (κ2) is 4.74. The summed E-state index contributed by atoms with van der Waals surface area (Å²) < 4.78 is 2.92. The number of nitrogen functional groups attached to an aromatic ring is 1. The number of nitrogens with two attached hydrogens (primary N) is 1. The zero-order valence-electron chi connectivity index (χ0n) is 9.35. The van der Waals surface area contributed by atoms with Gasteiger partial charge in [0.1, 0.15) is 8.95 Å². The van der Waals surface area contributed by atoms with Crippen molar-refractivity contribution in [3.05, 3.63) is 53.9 Å². The molecular formula is C11H9Br2N3O2. The summed E-state index contributed by atoms with van der Waals surface area (Å²) in [4.78, 5) is 24.0. The Kier molecular flexibility index (Phi) is 3.45. The van der Waals surface area contributed by atoms with E-state index in [0.29, 0.717) is 11.4 Å². The smallest absolute Gasteiger partial charge is 0.285 e. The number of hydrogen-bond donors (Lipinski definition) is 1. The third-order valence-corrected chi connectivity index (χ3v) is 4.50. The monoisotopic (exact) mass is 373 g/mol. The molecule has 94 valence electrons. The highest BCUT2D eigenvalue weighted by Gasteiger charge is 2.14. The van der Waals surface area contributed by atoms with E-state index in [1.165, 1.54) is 16.4 Å². The molecule has 0 aliphatic heterocycles. The highest BCUT2D eigenvalue weighted by molar-refractivity contribution is 9.13. The standard InChI is InChI=1S/C11H9Br2N3O2/c1-15-10(17)8(12)9(13)11(18)16(15)7-4-2-6(14)3-5-7/h2-5H,14H2,1H3. The zero-order chi connectivity index (χ0) is 13.4. The van der Waals surface area contributed by atoms with E-state index in [9.17, 15) is 9.59 Å². The van der Waals surface area contributed by atoms with Crippen molar-refractivity contribution >= 4 is 37.5 Å². The van der Waals surface area contributed by atoms with Gasteiger partial charge in [-0.05, 0) is 56.1 Å². The lowest BCUT2D eigenvalue weighted by Crippen LogP contribution is -2.36. The van der Waals surface area contributed by atoms with Gasteiger partial charge >= 0.3 is 0 Å². The van der Waals surface area contributed by atoms with Crippen molar-refractivity contribution in [3.8, 4) is 5.69 Å². The van der Waals surface area contributed by atoms with Gasteiger partial charge in [0.05, 0.1) is 5.69 Å². The predicted octanol–water partition coefficient (Wildman–Crippen LogP) is 1.64. The Hall–Kier alpha value is -1.34. The maximum absolute atomic E-state index is 12.1. The second-order valence-corrected chi connectivity index (χ2v) is 5.25. The molecular weight excluding hydrogens is 366 g/mol. The molecule has 1 heterocycles. The summed E-state index contributed by atoms with van der Waals surface area (Å²) in [5.41, 5.74) is 6.12. The SMILES string of the molecule is Cn1c(=O)c(Br)c(Br)c(=O)n1-c1ccc(N)cc1. The third-order valence-electron chi connectivity index (χ3n) is 2.49. The molecule has 0 unspecified atom stereocenters. The highest BCUT2D eigenvalue weighted by atomic mass is 79.9. The molecule has 0 bridgehead atoms. The Balaban J connectivity index is 2.84. The molecule has 0 amide bonds. The van der Waals surface area contributed by atoms with E-state index < -0.39 is 0 Å². The van der Waals surface area contributed by atoms with E-state index in [0.717, 1.165) is 0 Å². The van der Waals surface area contributed by atoms with E-state index in [1.54, 1.807) is 24.3 Å². The quantitative estimate of drug-likeness (QED) is 0.771. The first-order chi connectivity index (χ1) is 8.43. The number of halogens is 2. The number of benzene rings is 1. The predicted molar refractivity (Wildman–Crippen MR) is 77.1 cm³/mol. The normalized spacial score (nSPS) is 10.6. The molecule has 18 heavy (non-hydrogen) atoms. The van der Waals surface area contributed by atoms with Crippen molar-refractivity contribution in [1.82, 2.24) is 9.36 Å². The molecule has 0 saturated carbocycles. The molecule has 0 atom stereocenters. The average Bonchev–Trinajstić information content (AvgIpc) is 2.36. The van der Waals surface area contributed by atoms with Crippen LogP contribution in [-0.4, -0.2) is 9.36 Å². The number of nitrogens with zero attached hydrogens (tertiary/aromatic N) is 2. The Bertz CT molecular complexity index is 717. The molecule has 0 aliphatic carbocycles. The van der Waals surface area contributed by atoms with E-state index in [4.69, 9.17) is 5.73 Å². The Morgan fingerprint density at radius 2 is 1.50 bits per heavy atom. The Morgan fingerprint density at radius 3 is 2.06 bits per heavy atom. The van der Waals surface area contributed by atoms with Crippen LogP contribution in [0.3, 0.4) is 0 Å². The molecule has 0 saturated heterocycles. The van der Waals surface area contributed by atoms with Gasteiger partial charge in [-0.25, -0.2) is 9.36 Å². The molecule has 7 heteroatoms. The largest absolute Gasteiger partial charge is 0.399 e. The fourth-order valence-electron chi connectivity index (χ4n) is 1.56. The molecule has 0 spiro atoms. The summed E-state index contributed by atoms with van der Waals surface area (Å²) in [6.07, 6.45) is 0. The van der Waals surface area contributed by atoms with Gasteiger partial charge in [-0.2, -0.15) is 0 Å². The van der Waals surface area contributed by atoms with Crippen molar-refractivity contribution in [3.63, 3.8) is 0 Å². The van der Waals surface area contributed by atoms with Gasteiger partial charge in [-0.15, -0.1) is 0 Å². The van der Waals surface area contributed by atoms with E-state index in [-0.39, 0.29) is 20.1 Å². The first kappa shape index (κ1) is 13.1. The fourth-order valence-corrected chi connectivity index (χ4v) is 2.32. The van der Waals surface area contributed by atoms with Gasteiger partial charge in [-0.3, -0.25) is 9.59 Å². The lowest BCUT2D eigenvalue weighted by atomic mass is 10.3. The molecule has 0 radical (unpaired) electrons. The average molecular weight is 375 g/mol. The van der Waals surface area contributed by atoms with Crippen molar-refractivity contribution < 1.29 is 0 Å². The minimum Gasteiger partial charge on any atom is -0.399 e. The first-order valence-corrected chi connectivity index (χ1v) is 6.55. The molecule has 0 fully saturated rings. The van der Waals surface area contributed by atoms with Crippen LogP contribution in [0, 0.1) is 0 Å². The number of aromatic nitrogens is 2. The molecule has 0 aliphatic rings. The van der Waals surface area contributed by atoms with Crippen LogP contribution in [0.1, 0.15) is 0 Å². The summed E-state index contributed by atoms with van der Waals surface area (Å²) in [6, 6.07) is 6.69. The minimum atomic E-state index is -0.325. The highest BCUT2D eigenvalue weighted by Crippen LogP contribution is 2.15. The van der Waals surface area contributed by atoms with Crippen LogP contribution in [0.25, 0.3) is 5.69 Å². The summed E-state index contributed by atoms with van der Waals surface area (Å²) in [5, 5.41) is 0. The van der Waals surface area contributed by atoms with Gasteiger partial charge in [0.2, 0.25) is 0 Å². The first-order valence-electron chi connectivity index (χ1n) is 4.96. The van der Waals surface area contributed by atoms with Crippen LogP contribution in [0.5, 0.6) is 0 Å². The van der Waals surface area contributed by atoms with Gasteiger partial charge in [-0.1, -0.05) is 0 Å². The lowest BCUT2D eigenvalue weighted by molar-refractivity contribution is 0.586. The van der Waals surface area contributed by atoms with Crippen LogP contribution >= 0.6 is 31.9 Å². The van der Waals surface area contributed by atoms with E-state index in [2.05, 4.69) is 31.9 Å². The van der Waals surface area contributed by atoms with Crippen LogP contribution < -0.4 is 16.9 Å². The molecule has 1 aromatic heterocycles. The molecule has 1 aromatic carbocycles.